The maximum absolute atomic E-state index is 11.8. The molecule has 1 amide bonds. The number of hydrogen-bond acceptors (Lipinski definition) is 1. The van der Waals surface area contributed by atoms with Gasteiger partial charge >= 0.3 is 0 Å². The van der Waals surface area contributed by atoms with Gasteiger partial charge in [0, 0.05) is 17.8 Å². The molecule has 2 nitrogen and oxygen atoms in total. The van der Waals surface area contributed by atoms with Crippen molar-refractivity contribution in [3.8, 4) is 12.3 Å². The van der Waals surface area contributed by atoms with Gasteiger partial charge in [-0.3, -0.25) is 4.79 Å². The van der Waals surface area contributed by atoms with Crippen LogP contribution in [0.15, 0.2) is 24.3 Å². The van der Waals surface area contributed by atoms with E-state index in [0.29, 0.717) is 0 Å². The molecule has 2 rings (SSSR count). The Morgan fingerprint density at radius 2 is 2.20 bits per heavy atom. The van der Waals surface area contributed by atoms with E-state index in [1.807, 2.05) is 38.1 Å². The van der Waals surface area contributed by atoms with Gasteiger partial charge in [-0.25, -0.2) is 0 Å². The predicted octanol–water partition coefficient (Wildman–Crippen LogP) is 2.04. The summed E-state index contributed by atoms with van der Waals surface area (Å²) in [6, 6.07) is 7.52. The Kier molecular flexibility index (Phi) is 2.04. The van der Waals surface area contributed by atoms with Crippen LogP contribution in [-0.2, 0) is 4.79 Å². The first kappa shape index (κ1) is 9.79. The van der Waals surface area contributed by atoms with E-state index in [-0.39, 0.29) is 11.3 Å². The van der Waals surface area contributed by atoms with Gasteiger partial charge in [-0.1, -0.05) is 12.0 Å². The standard InChI is InChI=1S/C13H13NO/c1-4-10-6-5-7-11(8-10)14-9-13(2,3)12(14)15/h1,5-8H,9H2,2-3H3. The van der Waals surface area contributed by atoms with Crippen LogP contribution in [0.3, 0.4) is 0 Å². The zero-order chi connectivity index (χ0) is 11.1. The van der Waals surface area contributed by atoms with Gasteiger partial charge in [0.25, 0.3) is 0 Å². The second-order valence-corrected chi connectivity index (χ2v) is 4.47. The van der Waals surface area contributed by atoms with Gasteiger partial charge in [-0.15, -0.1) is 6.42 Å². The van der Waals surface area contributed by atoms with Crippen molar-refractivity contribution in [2.75, 3.05) is 11.4 Å². The van der Waals surface area contributed by atoms with Gasteiger partial charge in [0.15, 0.2) is 0 Å². The first-order valence-electron chi connectivity index (χ1n) is 4.93. The number of anilines is 1. The van der Waals surface area contributed by atoms with Crippen molar-refractivity contribution in [1.82, 2.24) is 0 Å². The first-order valence-corrected chi connectivity index (χ1v) is 4.93. The zero-order valence-electron chi connectivity index (χ0n) is 8.95. The minimum Gasteiger partial charge on any atom is -0.311 e. The zero-order valence-corrected chi connectivity index (χ0v) is 8.95. The smallest absolute Gasteiger partial charge is 0.234 e. The van der Waals surface area contributed by atoms with Crippen LogP contribution in [0.1, 0.15) is 19.4 Å². The summed E-state index contributed by atoms with van der Waals surface area (Å²) in [5.74, 6) is 2.73. The normalized spacial score (nSPS) is 18.2. The molecule has 1 aliphatic rings. The molecule has 0 aliphatic carbocycles. The van der Waals surface area contributed by atoms with Gasteiger partial charge in [0.1, 0.15) is 0 Å². The Hall–Kier alpha value is -1.75. The highest BCUT2D eigenvalue weighted by molar-refractivity contribution is 6.03. The summed E-state index contributed by atoms with van der Waals surface area (Å²) in [6.45, 7) is 4.67. The number of rotatable bonds is 1. The maximum atomic E-state index is 11.8. The Labute approximate surface area is 89.9 Å². The number of nitrogens with zero attached hydrogens (tertiary/aromatic N) is 1. The molecule has 0 aromatic heterocycles. The van der Waals surface area contributed by atoms with Crippen LogP contribution in [0.2, 0.25) is 0 Å². The van der Waals surface area contributed by atoms with Crippen LogP contribution in [0.25, 0.3) is 0 Å². The minimum absolute atomic E-state index is 0.164. The molecule has 15 heavy (non-hydrogen) atoms. The average molecular weight is 199 g/mol. The maximum Gasteiger partial charge on any atom is 0.234 e. The van der Waals surface area contributed by atoms with Crippen molar-refractivity contribution in [2.24, 2.45) is 5.41 Å². The molecule has 0 radical (unpaired) electrons. The molecule has 1 aromatic rings. The second-order valence-electron chi connectivity index (χ2n) is 4.47. The van der Waals surface area contributed by atoms with Crippen molar-refractivity contribution in [2.45, 2.75) is 13.8 Å². The van der Waals surface area contributed by atoms with E-state index in [2.05, 4.69) is 5.92 Å². The molecule has 1 aromatic carbocycles. The molecule has 1 heterocycles. The number of benzene rings is 1. The van der Waals surface area contributed by atoms with Crippen LogP contribution in [0.4, 0.5) is 5.69 Å². The molecule has 0 spiro atoms. The molecular weight excluding hydrogens is 186 g/mol. The van der Waals surface area contributed by atoms with Crippen molar-refractivity contribution < 1.29 is 4.79 Å². The molecule has 1 saturated heterocycles. The molecule has 0 bridgehead atoms. The van der Waals surface area contributed by atoms with Gasteiger partial charge in [-0.05, 0) is 32.0 Å². The summed E-state index contributed by atoms with van der Waals surface area (Å²) < 4.78 is 0. The minimum atomic E-state index is -0.216. The quantitative estimate of drug-likeness (QED) is 0.500. The van der Waals surface area contributed by atoms with Crippen LogP contribution in [0, 0.1) is 17.8 Å². The van der Waals surface area contributed by atoms with Crippen LogP contribution in [0.5, 0.6) is 0 Å². The van der Waals surface area contributed by atoms with Crippen molar-refractivity contribution in [3.63, 3.8) is 0 Å². The van der Waals surface area contributed by atoms with E-state index < -0.39 is 0 Å². The summed E-state index contributed by atoms with van der Waals surface area (Å²) >= 11 is 0. The Morgan fingerprint density at radius 1 is 1.47 bits per heavy atom. The van der Waals surface area contributed by atoms with Crippen molar-refractivity contribution in [1.29, 1.82) is 0 Å². The third-order valence-corrected chi connectivity index (χ3v) is 2.70. The summed E-state index contributed by atoms with van der Waals surface area (Å²) in [5, 5.41) is 0. The fourth-order valence-corrected chi connectivity index (χ4v) is 1.78. The van der Waals surface area contributed by atoms with E-state index in [1.54, 1.807) is 4.90 Å². The number of amides is 1. The van der Waals surface area contributed by atoms with E-state index in [4.69, 9.17) is 6.42 Å². The van der Waals surface area contributed by atoms with Crippen molar-refractivity contribution in [3.05, 3.63) is 29.8 Å². The summed E-state index contributed by atoms with van der Waals surface area (Å²) in [7, 11) is 0. The van der Waals surface area contributed by atoms with Crippen molar-refractivity contribution >= 4 is 11.6 Å². The number of hydrogen-bond donors (Lipinski definition) is 0. The third-order valence-electron chi connectivity index (χ3n) is 2.70. The highest BCUT2D eigenvalue weighted by Gasteiger charge is 2.44. The fourth-order valence-electron chi connectivity index (χ4n) is 1.78. The molecule has 0 unspecified atom stereocenters. The molecular formula is C13H13NO. The lowest BCUT2D eigenvalue weighted by molar-refractivity contribution is -0.132. The van der Waals surface area contributed by atoms with E-state index in [9.17, 15) is 4.79 Å². The summed E-state index contributed by atoms with van der Waals surface area (Å²) in [5.41, 5.74) is 1.49. The molecule has 0 saturated carbocycles. The van der Waals surface area contributed by atoms with Gasteiger partial charge < -0.3 is 4.90 Å². The van der Waals surface area contributed by atoms with Gasteiger partial charge in [-0.2, -0.15) is 0 Å². The molecule has 0 N–H and O–H groups in total. The third kappa shape index (κ3) is 1.50. The summed E-state index contributed by atoms with van der Waals surface area (Å²) in [6.07, 6.45) is 5.31. The molecule has 0 atom stereocenters. The highest BCUT2D eigenvalue weighted by Crippen LogP contribution is 2.35. The lowest BCUT2D eigenvalue weighted by Crippen LogP contribution is -2.58. The number of β-lactam (4-membered cyclic amide) rings is 1. The van der Waals surface area contributed by atoms with E-state index in [0.717, 1.165) is 17.8 Å². The molecule has 2 heteroatoms. The lowest BCUT2D eigenvalue weighted by Gasteiger charge is -2.44. The fraction of sp³-hybridized carbons (Fsp3) is 0.308. The van der Waals surface area contributed by atoms with Crippen LogP contribution >= 0.6 is 0 Å². The van der Waals surface area contributed by atoms with Crippen LogP contribution in [-0.4, -0.2) is 12.5 Å². The Balaban J connectivity index is 2.27. The van der Waals surface area contributed by atoms with Crippen LogP contribution < -0.4 is 4.90 Å². The van der Waals surface area contributed by atoms with E-state index >= 15 is 0 Å². The van der Waals surface area contributed by atoms with Gasteiger partial charge in [0.05, 0.1) is 5.41 Å². The highest BCUT2D eigenvalue weighted by atomic mass is 16.2. The summed E-state index contributed by atoms with van der Waals surface area (Å²) in [4.78, 5) is 13.5. The predicted molar refractivity (Wildman–Crippen MR) is 60.5 cm³/mol. The lowest BCUT2D eigenvalue weighted by atomic mass is 9.82. The molecule has 1 aliphatic heterocycles. The largest absolute Gasteiger partial charge is 0.311 e. The number of terminal acetylenes is 1. The number of carbonyl (C=O) groups is 1. The number of carbonyl (C=O) groups excluding carboxylic acids is 1. The second kappa shape index (κ2) is 3.13. The topological polar surface area (TPSA) is 20.3 Å². The molecule has 76 valence electrons. The Bertz CT molecular complexity index is 454. The monoisotopic (exact) mass is 199 g/mol. The molecule has 1 fully saturated rings. The Morgan fingerprint density at radius 3 is 2.73 bits per heavy atom. The average Bonchev–Trinajstić information content (AvgIpc) is 2.26. The van der Waals surface area contributed by atoms with Gasteiger partial charge in [0.2, 0.25) is 5.91 Å². The van der Waals surface area contributed by atoms with E-state index in [1.165, 1.54) is 0 Å². The SMILES string of the molecule is C#Cc1cccc(N2CC(C)(C)C2=O)c1. The first-order chi connectivity index (χ1) is 7.04.